The average molecular weight is 272 g/mol. The smallest absolute Gasteiger partial charge is 0.121 e. The third-order valence-corrected chi connectivity index (χ3v) is 3.15. The van der Waals surface area contributed by atoms with Crippen molar-refractivity contribution in [3.05, 3.63) is 29.3 Å². The fourth-order valence-electron chi connectivity index (χ4n) is 1.90. The van der Waals surface area contributed by atoms with Gasteiger partial charge in [0.1, 0.15) is 11.9 Å². The Hall–Kier alpha value is -0.770. The van der Waals surface area contributed by atoms with Gasteiger partial charge in [-0.2, -0.15) is 0 Å². The van der Waals surface area contributed by atoms with Crippen LogP contribution in [0, 0.1) is 0 Å². The molecule has 1 N–H and O–H groups in total. The highest BCUT2D eigenvalue weighted by Crippen LogP contribution is 2.19. The van der Waals surface area contributed by atoms with Crippen LogP contribution in [-0.2, 0) is 4.74 Å². The molecule has 0 aromatic heterocycles. The van der Waals surface area contributed by atoms with Crippen molar-refractivity contribution in [2.75, 3.05) is 20.8 Å². The molecule has 0 aliphatic carbocycles. The highest BCUT2D eigenvalue weighted by molar-refractivity contribution is 6.30. The molecular formula is C14H22ClNO2. The van der Waals surface area contributed by atoms with Crippen LogP contribution in [0.15, 0.2) is 24.3 Å². The lowest BCUT2D eigenvalue weighted by Gasteiger charge is -2.24. The van der Waals surface area contributed by atoms with E-state index in [-0.39, 0.29) is 6.10 Å². The topological polar surface area (TPSA) is 30.5 Å². The van der Waals surface area contributed by atoms with Gasteiger partial charge in [0.05, 0.1) is 0 Å². The molecule has 1 aromatic rings. The molecule has 2 atom stereocenters. The summed E-state index contributed by atoms with van der Waals surface area (Å²) in [4.78, 5) is 0. The summed E-state index contributed by atoms with van der Waals surface area (Å²) in [7, 11) is 3.68. The molecule has 0 saturated heterocycles. The molecule has 0 bridgehead atoms. The molecule has 0 aliphatic rings. The Morgan fingerprint density at radius 3 is 2.78 bits per heavy atom. The van der Waals surface area contributed by atoms with Gasteiger partial charge >= 0.3 is 0 Å². The maximum atomic E-state index is 5.93. The highest BCUT2D eigenvalue weighted by Gasteiger charge is 2.16. The molecule has 18 heavy (non-hydrogen) atoms. The van der Waals surface area contributed by atoms with Crippen molar-refractivity contribution in [2.24, 2.45) is 0 Å². The van der Waals surface area contributed by atoms with Crippen molar-refractivity contribution < 1.29 is 9.47 Å². The van der Waals surface area contributed by atoms with E-state index in [1.165, 1.54) is 0 Å². The Morgan fingerprint density at radius 2 is 2.17 bits per heavy atom. The summed E-state index contributed by atoms with van der Waals surface area (Å²) < 4.78 is 11.0. The lowest BCUT2D eigenvalue weighted by Crippen LogP contribution is -2.39. The first-order chi connectivity index (χ1) is 8.67. The maximum absolute atomic E-state index is 5.93. The van der Waals surface area contributed by atoms with Crippen molar-refractivity contribution in [1.82, 2.24) is 5.32 Å². The van der Waals surface area contributed by atoms with Crippen LogP contribution >= 0.6 is 11.6 Å². The van der Waals surface area contributed by atoms with Gasteiger partial charge in [0.2, 0.25) is 0 Å². The summed E-state index contributed by atoms with van der Waals surface area (Å²) in [5.41, 5.74) is 0. The molecule has 0 radical (unpaired) electrons. The van der Waals surface area contributed by atoms with Gasteiger partial charge in [-0.05, 0) is 45.0 Å². The predicted octanol–water partition coefficient (Wildman–Crippen LogP) is 3.12. The normalized spacial score (nSPS) is 14.2. The maximum Gasteiger partial charge on any atom is 0.121 e. The van der Waals surface area contributed by atoms with E-state index in [9.17, 15) is 0 Å². The number of rotatable bonds is 8. The summed E-state index contributed by atoms with van der Waals surface area (Å²) >= 11 is 5.93. The largest absolute Gasteiger partial charge is 0.489 e. The van der Waals surface area contributed by atoms with E-state index < -0.39 is 0 Å². The number of methoxy groups -OCH3 is 1. The molecule has 3 nitrogen and oxygen atoms in total. The number of hydrogen-bond donors (Lipinski definition) is 1. The lowest BCUT2D eigenvalue weighted by atomic mass is 10.1. The summed E-state index contributed by atoms with van der Waals surface area (Å²) in [6.45, 7) is 2.84. The van der Waals surface area contributed by atoms with E-state index >= 15 is 0 Å². The molecule has 0 amide bonds. The molecule has 0 saturated carbocycles. The van der Waals surface area contributed by atoms with Crippen LogP contribution < -0.4 is 10.1 Å². The first kappa shape index (κ1) is 15.3. The first-order valence-corrected chi connectivity index (χ1v) is 6.63. The zero-order chi connectivity index (χ0) is 13.4. The Bertz CT molecular complexity index is 346. The van der Waals surface area contributed by atoms with Crippen molar-refractivity contribution in [1.29, 1.82) is 0 Å². The number of nitrogens with one attached hydrogen (secondary N) is 1. The fraction of sp³-hybridized carbons (Fsp3) is 0.571. The van der Waals surface area contributed by atoms with Gasteiger partial charge in [-0.1, -0.05) is 17.7 Å². The zero-order valence-electron chi connectivity index (χ0n) is 11.3. The summed E-state index contributed by atoms with van der Waals surface area (Å²) in [6.07, 6.45) is 2.13. The molecule has 1 rings (SSSR count). The molecule has 4 heteroatoms. The molecule has 0 aliphatic heterocycles. The Labute approximate surface area is 114 Å². The second-order valence-corrected chi connectivity index (χ2v) is 4.75. The molecule has 0 fully saturated rings. The molecule has 102 valence electrons. The Balaban J connectivity index is 2.48. The summed E-state index contributed by atoms with van der Waals surface area (Å²) in [5, 5.41) is 3.98. The van der Waals surface area contributed by atoms with Crippen molar-refractivity contribution >= 4 is 11.6 Å². The molecule has 0 heterocycles. The van der Waals surface area contributed by atoms with Gasteiger partial charge in [-0.3, -0.25) is 0 Å². The predicted molar refractivity (Wildman–Crippen MR) is 75.5 cm³/mol. The minimum absolute atomic E-state index is 0.0883. The second kappa shape index (κ2) is 8.35. The number of ether oxygens (including phenoxy) is 2. The second-order valence-electron chi connectivity index (χ2n) is 4.31. The fourth-order valence-corrected chi connectivity index (χ4v) is 2.08. The number of benzene rings is 1. The standard InChI is InChI=1S/C14H22ClNO2/c1-11(14(16-2)8-5-9-17-3)18-13-7-4-6-12(15)10-13/h4,6-7,10-11,14,16H,5,8-9H2,1-3H3. The SMILES string of the molecule is CNC(CCCOC)C(C)Oc1cccc(Cl)c1. The summed E-state index contributed by atoms with van der Waals surface area (Å²) in [6, 6.07) is 7.79. The van der Waals surface area contributed by atoms with E-state index in [1.807, 2.05) is 31.3 Å². The molecule has 0 spiro atoms. The van der Waals surface area contributed by atoms with Crippen LogP contribution in [-0.4, -0.2) is 32.9 Å². The number of halogens is 1. The van der Waals surface area contributed by atoms with Gasteiger partial charge in [0.25, 0.3) is 0 Å². The van der Waals surface area contributed by atoms with Crippen LogP contribution in [0.5, 0.6) is 5.75 Å². The molecular weight excluding hydrogens is 250 g/mol. The minimum atomic E-state index is 0.0883. The van der Waals surface area contributed by atoms with Gasteiger partial charge in [-0.15, -0.1) is 0 Å². The average Bonchev–Trinajstić information content (AvgIpc) is 2.34. The first-order valence-electron chi connectivity index (χ1n) is 6.25. The molecule has 1 aromatic carbocycles. The van der Waals surface area contributed by atoms with E-state index in [0.717, 1.165) is 25.2 Å². The van der Waals surface area contributed by atoms with Crippen molar-refractivity contribution in [3.8, 4) is 5.75 Å². The quantitative estimate of drug-likeness (QED) is 0.737. The van der Waals surface area contributed by atoms with E-state index in [2.05, 4.69) is 12.2 Å². The van der Waals surface area contributed by atoms with Gasteiger partial charge in [0.15, 0.2) is 0 Å². The Morgan fingerprint density at radius 1 is 1.39 bits per heavy atom. The third-order valence-electron chi connectivity index (χ3n) is 2.92. The minimum Gasteiger partial charge on any atom is -0.489 e. The van der Waals surface area contributed by atoms with Crippen LogP contribution in [0.2, 0.25) is 5.02 Å². The Kier molecular flexibility index (Phi) is 7.09. The van der Waals surface area contributed by atoms with E-state index in [4.69, 9.17) is 21.1 Å². The zero-order valence-corrected chi connectivity index (χ0v) is 12.0. The van der Waals surface area contributed by atoms with Crippen LogP contribution in [0.4, 0.5) is 0 Å². The van der Waals surface area contributed by atoms with Gasteiger partial charge < -0.3 is 14.8 Å². The van der Waals surface area contributed by atoms with E-state index in [0.29, 0.717) is 11.1 Å². The highest BCUT2D eigenvalue weighted by atomic mass is 35.5. The van der Waals surface area contributed by atoms with E-state index in [1.54, 1.807) is 7.11 Å². The van der Waals surface area contributed by atoms with Crippen LogP contribution in [0.25, 0.3) is 0 Å². The summed E-state index contributed by atoms with van der Waals surface area (Å²) in [5.74, 6) is 0.807. The number of likely N-dealkylation sites (N-methyl/N-ethyl adjacent to an activating group) is 1. The van der Waals surface area contributed by atoms with Crippen molar-refractivity contribution in [3.63, 3.8) is 0 Å². The molecule has 2 unspecified atom stereocenters. The van der Waals surface area contributed by atoms with Crippen molar-refractivity contribution in [2.45, 2.75) is 31.9 Å². The number of hydrogen-bond acceptors (Lipinski definition) is 3. The van der Waals surface area contributed by atoms with Gasteiger partial charge in [0, 0.05) is 24.8 Å². The van der Waals surface area contributed by atoms with Gasteiger partial charge in [-0.25, -0.2) is 0 Å². The lowest BCUT2D eigenvalue weighted by molar-refractivity contribution is 0.149. The third kappa shape index (κ3) is 5.25. The van der Waals surface area contributed by atoms with Crippen LogP contribution in [0.3, 0.4) is 0 Å². The van der Waals surface area contributed by atoms with Crippen LogP contribution in [0.1, 0.15) is 19.8 Å². The monoisotopic (exact) mass is 271 g/mol.